The highest BCUT2D eigenvalue weighted by Crippen LogP contribution is 2.15. The predicted octanol–water partition coefficient (Wildman–Crippen LogP) is 2.44. The van der Waals surface area contributed by atoms with Crippen molar-refractivity contribution in [1.29, 1.82) is 0 Å². The van der Waals surface area contributed by atoms with Gasteiger partial charge in [0.2, 0.25) is 0 Å². The minimum atomic E-state index is -1.03. The van der Waals surface area contributed by atoms with Gasteiger partial charge in [0.1, 0.15) is 0 Å². The Balaban J connectivity index is 0. The molecule has 0 aliphatic carbocycles. The van der Waals surface area contributed by atoms with Gasteiger partial charge in [-0.15, -0.1) is 0 Å². The molecule has 1 unspecified atom stereocenters. The highest BCUT2D eigenvalue weighted by atomic mass is 16.4. The highest BCUT2D eigenvalue weighted by Gasteiger charge is 2.22. The molecular weight excluding hydrogens is 236 g/mol. The molecule has 3 N–H and O–H groups in total. The normalized spacial score (nSPS) is 13.6. The van der Waals surface area contributed by atoms with E-state index >= 15 is 0 Å². The summed E-state index contributed by atoms with van der Waals surface area (Å²) in [6.07, 6.45) is 5.86. The van der Waals surface area contributed by atoms with Gasteiger partial charge in [0.25, 0.3) is 0 Å². The Labute approximate surface area is 108 Å². The molecule has 0 rings (SSSR count). The molecule has 0 aliphatic heterocycles. The largest absolute Gasteiger partial charge is 0.481 e. The third-order valence-electron chi connectivity index (χ3n) is 2.04. The zero-order valence-corrected chi connectivity index (χ0v) is 11.3. The number of allylic oxidation sites excluding steroid dienone is 1. The SMILES string of the molecule is CCCC(C)(O)CC(=O)O.CCCC=CC(=O)O. The number of carboxylic acids is 2. The Morgan fingerprint density at radius 3 is 2.06 bits per heavy atom. The molecule has 0 saturated heterocycles. The zero-order chi connectivity index (χ0) is 14.6. The average Bonchev–Trinajstić information content (AvgIpc) is 2.16. The summed E-state index contributed by atoms with van der Waals surface area (Å²) in [6.45, 7) is 5.47. The topological polar surface area (TPSA) is 94.8 Å². The number of aliphatic hydroxyl groups is 1. The van der Waals surface area contributed by atoms with Crippen LogP contribution in [0, 0.1) is 0 Å². The summed E-state index contributed by atoms with van der Waals surface area (Å²) in [6, 6.07) is 0. The summed E-state index contributed by atoms with van der Waals surface area (Å²) in [5.41, 5.74) is -1.03. The molecule has 106 valence electrons. The van der Waals surface area contributed by atoms with Gasteiger partial charge in [-0.2, -0.15) is 0 Å². The fourth-order valence-electron chi connectivity index (χ4n) is 1.30. The maximum absolute atomic E-state index is 10.1. The van der Waals surface area contributed by atoms with Crippen molar-refractivity contribution < 1.29 is 24.9 Å². The van der Waals surface area contributed by atoms with Gasteiger partial charge in [-0.25, -0.2) is 4.79 Å². The third kappa shape index (κ3) is 17.0. The number of hydrogen-bond acceptors (Lipinski definition) is 3. The lowest BCUT2D eigenvalue weighted by Crippen LogP contribution is -2.27. The van der Waals surface area contributed by atoms with E-state index in [4.69, 9.17) is 10.2 Å². The van der Waals surface area contributed by atoms with E-state index < -0.39 is 17.5 Å². The Bertz CT molecular complexity index is 269. The quantitative estimate of drug-likeness (QED) is 0.611. The third-order valence-corrected chi connectivity index (χ3v) is 2.04. The number of aliphatic carboxylic acids is 2. The van der Waals surface area contributed by atoms with Crippen molar-refractivity contribution >= 4 is 11.9 Å². The van der Waals surface area contributed by atoms with Crippen LogP contribution in [0.2, 0.25) is 0 Å². The van der Waals surface area contributed by atoms with Gasteiger partial charge in [-0.3, -0.25) is 4.79 Å². The minimum Gasteiger partial charge on any atom is -0.481 e. The summed E-state index contributed by atoms with van der Waals surface area (Å²) in [7, 11) is 0. The van der Waals surface area contributed by atoms with Crippen LogP contribution < -0.4 is 0 Å². The average molecular weight is 260 g/mol. The molecule has 0 bridgehead atoms. The maximum Gasteiger partial charge on any atom is 0.327 e. The lowest BCUT2D eigenvalue weighted by Gasteiger charge is -2.19. The van der Waals surface area contributed by atoms with Crippen LogP contribution in [-0.2, 0) is 9.59 Å². The number of carboxylic acid groups (broad SMARTS) is 2. The summed E-state index contributed by atoms with van der Waals surface area (Å²) >= 11 is 0. The number of carbonyl (C=O) groups is 2. The van der Waals surface area contributed by atoms with Crippen LogP contribution >= 0.6 is 0 Å². The van der Waals surface area contributed by atoms with Crippen molar-refractivity contribution in [2.45, 2.75) is 58.5 Å². The van der Waals surface area contributed by atoms with E-state index in [-0.39, 0.29) is 6.42 Å². The first-order chi connectivity index (χ1) is 8.25. The first-order valence-corrected chi connectivity index (χ1v) is 6.08. The van der Waals surface area contributed by atoms with Crippen LogP contribution in [0.4, 0.5) is 0 Å². The van der Waals surface area contributed by atoms with Gasteiger partial charge in [-0.05, 0) is 19.8 Å². The minimum absolute atomic E-state index is 0.166. The van der Waals surface area contributed by atoms with Crippen LogP contribution in [-0.4, -0.2) is 32.9 Å². The van der Waals surface area contributed by atoms with Gasteiger partial charge in [0.15, 0.2) is 0 Å². The Hall–Kier alpha value is -1.36. The molecule has 0 aromatic rings. The number of hydrogen-bond donors (Lipinski definition) is 3. The summed E-state index contributed by atoms with van der Waals surface area (Å²) < 4.78 is 0. The van der Waals surface area contributed by atoms with Gasteiger partial charge in [-0.1, -0.05) is 32.8 Å². The second-order valence-electron chi connectivity index (χ2n) is 4.35. The molecule has 0 aromatic carbocycles. The molecule has 18 heavy (non-hydrogen) atoms. The van der Waals surface area contributed by atoms with Crippen molar-refractivity contribution in [3.8, 4) is 0 Å². The first kappa shape index (κ1) is 19.0. The molecule has 0 aromatic heterocycles. The fraction of sp³-hybridized carbons (Fsp3) is 0.692. The molecule has 5 heteroatoms. The molecule has 0 radical (unpaired) electrons. The molecule has 0 spiro atoms. The van der Waals surface area contributed by atoms with Crippen LogP contribution in [0.15, 0.2) is 12.2 Å². The van der Waals surface area contributed by atoms with E-state index in [1.807, 2.05) is 13.8 Å². The van der Waals surface area contributed by atoms with E-state index in [1.165, 1.54) is 6.08 Å². The van der Waals surface area contributed by atoms with Crippen LogP contribution in [0.5, 0.6) is 0 Å². The lowest BCUT2D eigenvalue weighted by molar-refractivity contribution is -0.142. The van der Waals surface area contributed by atoms with Gasteiger partial charge in [0.05, 0.1) is 12.0 Å². The summed E-state index contributed by atoms with van der Waals surface area (Å²) in [5, 5.41) is 25.7. The van der Waals surface area contributed by atoms with Crippen molar-refractivity contribution in [3.05, 3.63) is 12.2 Å². The Kier molecular flexibility index (Phi) is 11.4. The van der Waals surface area contributed by atoms with Crippen molar-refractivity contribution in [1.82, 2.24) is 0 Å². The predicted molar refractivity (Wildman–Crippen MR) is 69.5 cm³/mol. The summed E-state index contributed by atoms with van der Waals surface area (Å²) in [4.78, 5) is 19.9. The van der Waals surface area contributed by atoms with E-state index in [2.05, 4.69) is 0 Å². The van der Waals surface area contributed by atoms with Crippen molar-refractivity contribution in [2.24, 2.45) is 0 Å². The molecule has 5 nitrogen and oxygen atoms in total. The molecular formula is C13H24O5. The molecule has 0 fully saturated rings. The van der Waals surface area contributed by atoms with Gasteiger partial charge < -0.3 is 15.3 Å². The van der Waals surface area contributed by atoms with E-state index in [1.54, 1.807) is 13.0 Å². The molecule has 0 aliphatic rings. The monoisotopic (exact) mass is 260 g/mol. The van der Waals surface area contributed by atoms with E-state index in [0.717, 1.165) is 19.3 Å². The highest BCUT2D eigenvalue weighted by molar-refractivity contribution is 5.79. The van der Waals surface area contributed by atoms with Crippen LogP contribution in [0.3, 0.4) is 0 Å². The summed E-state index contributed by atoms with van der Waals surface area (Å²) in [5.74, 6) is -1.81. The smallest absolute Gasteiger partial charge is 0.327 e. The number of rotatable bonds is 7. The molecule has 0 saturated carbocycles. The zero-order valence-electron chi connectivity index (χ0n) is 11.3. The Morgan fingerprint density at radius 1 is 1.17 bits per heavy atom. The van der Waals surface area contributed by atoms with Gasteiger partial charge in [0, 0.05) is 6.08 Å². The number of unbranched alkanes of at least 4 members (excludes halogenated alkanes) is 1. The van der Waals surface area contributed by atoms with Crippen molar-refractivity contribution in [3.63, 3.8) is 0 Å². The second-order valence-corrected chi connectivity index (χ2v) is 4.35. The molecule has 0 amide bonds. The van der Waals surface area contributed by atoms with E-state index in [9.17, 15) is 14.7 Å². The second kappa shape index (κ2) is 10.8. The van der Waals surface area contributed by atoms with Gasteiger partial charge >= 0.3 is 11.9 Å². The van der Waals surface area contributed by atoms with Crippen molar-refractivity contribution in [2.75, 3.05) is 0 Å². The van der Waals surface area contributed by atoms with Crippen LogP contribution in [0.25, 0.3) is 0 Å². The maximum atomic E-state index is 10.1. The standard InChI is InChI=1S/C7H14O3.C6H10O2/c1-3-4-7(2,10)5-6(8)9;1-2-3-4-5-6(7)8/h10H,3-5H2,1-2H3,(H,8,9);4-5H,2-3H2,1H3,(H,7,8). The molecule has 1 atom stereocenters. The Morgan fingerprint density at radius 2 is 1.72 bits per heavy atom. The van der Waals surface area contributed by atoms with E-state index in [0.29, 0.717) is 6.42 Å². The lowest BCUT2D eigenvalue weighted by atomic mass is 9.97. The molecule has 0 heterocycles. The fourth-order valence-corrected chi connectivity index (χ4v) is 1.30. The first-order valence-electron chi connectivity index (χ1n) is 6.08. The van der Waals surface area contributed by atoms with Crippen LogP contribution in [0.1, 0.15) is 52.9 Å².